The number of hydrogen-bond acceptors (Lipinski definition) is 2. The van der Waals surface area contributed by atoms with E-state index < -0.39 is 0 Å². The van der Waals surface area contributed by atoms with Gasteiger partial charge in [0.15, 0.2) is 0 Å². The van der Waals surface area contributed by atoms with Crippen molar-refractivity contribution >= 4 is 5.69 Å². The highest BCUT2D eigenvalue weighted by atomic mass is 15.2. The van der Waals surface area contributed by atoms with Crippen LogP contribution in [-0.4, -0.2) is 25.7 Å². The number of nitrogens with one attached hydrogen (secondary N) is 1. The number of piperidine rings is 1. The normalized spacial score (nSPS) is 16.2. The van der Waals surface area contributed by atoms with Gasteiger partial charge >= 0.3 is 0 Å². The van der Waals surface area contributed by atoms with Crippen molar-refractivity contribution in [3.8, 4) is 0 Å². The summed E-state index contributed by atoms with van der Waals surface area (Å²) < 4.78 is 0. The molecule has 19 heavy (non-hydrogen) atoms. The zero-order chi connectivity index (χ0) is 13.7. The smallest absolute Gasteiger partial charge is 0.0371 e. The Bertz CT molecular complexity index is 409. The van der Waals surface area contributed by atoms with Gasteiger partial charge in [0.1, 0.15) is 0 Å². The molecule has 1 aromatic rings. The summed E-state index contributed by atoms with van der Waals surface area (Å²) in [5.74, 6) is 0. The van der Waals surface area contributed by atoms with Crippen LogP contribution in [-0.2, 0) is 0 Å². The molecule has 0 aliphatic carbocycles. The summed E-state index contributed by atoms with van der Waals surface area (Å²) in [7, 11) is 0. The van der Waals surface area contributed by atoms with Crippen molar-refractivity contribution in [1.82, 2.24) is 5.32 Å². The summed E-state index contributed by atoms with van der Waals surface area (Å²) in [5.41, 5.74) is 4.08. The monoisotopic (exact) mass is 258 g/mol. The molecular formula is C17H26N2. The number of allylic oxidation sites excluding steroid dienone is 1. The first-order valence-corrected chi connectivity index (χ1v) is 7.34. The van der Waals surface area contributed by atoms with Gasteiger partial charge in [-0.15, -0.1) is 0 Å². The van der Waals surface area contributed by atoms with Crippen molar-refractivity contribution < 1.29 is 0 Å². The predicted molar refractivity (Wildman–Crippen MR) is 83.8 cm³/mol. The molecule has 2 heteroatoms. The van der Waals surface area contributed by atoms with Crippen LogP contribution in [0, 0.1) is 6.92 Å². The third kappa shape index (κ3) is 4.10. The molecule has 1 N–H and O–H groups in total. The molecule has 0 saturated carbocycles. The summed E-state index contributed by atoms with van der Waals surface area (Å²) in [5, 5.41) is 3.45. The van der Waals surface area contributed by atoms with E-state index in [-0.39, 0.29) is 0 Å². The van der Waals surface area contributed by atoms with Crippen molar-refractivity contribution in [3.05, 3.63) is 41.5 Å². The van der Waals surface area contributed by atoms with Crippen molar-refractivity contribution in [2.75, 3.05) is 24.5 Å². The molecule has 0 aromatic heterocycles. The number of aryl methyl sites for hydroxylation is 1. The minimum atomic E-state index is 0.666. The largest absolute Gasteiger partial charge is 0.365 e. The Kier molecular flexibility index (Phi) is 5.03. The van der Waals surface area contributed by atoms with Gasteiger partial charge in [-0.3, -0.25) is 0 Å². The van der Waals surface area contributed by atoms with Gasteiger partial charge in [-0.1, -0.05) is 29.3 Å². The zero-order valence-electron chi connectivity index (χ0n) is 12.4. The maximum atomic E-state index is 3.45. The van der Waals surface area contributed by atoms with Crippen LogP contribution < -0.4 is 10.2 Å². The molecule has 0 radical (unpaired) electrons. The lowest BCUT2D eigenvalue weighted by Gasteiger charge is -2.36. The van der Waals surface area contributed by atoms with Crippen LogP contribution in [0.15, 0.2) is 35.9 Å². The molecule has 1 heterocycles. The topological polar surface area (TPSA) is 15.3 Å². The fraction of sp³-hybridized carbons (Fsp3) is 0.529. The molecule has 0 unspecified atom stereocenters. The molecule has 1 aliphatic rings. The Hall–Kier alpha value is -1.28. The average Bonchev–Trinajstić information content (AvgIpc) is 2.42. The lowest BCUT2D eigenvalue weighted by molar-refractivity contribution is 0.437. The van der Waals surface area contributed by atoms with Crippen LogP contribution in [0.1, 0.15) is 32.3 Å². The average molecular weight is 258 g/mol. The SMILES string of the molecule is CC(C)=CCN(c1ccc(C)cc1)C1CCNCC1. The fourth-order valence-electron chi connectivity index (χ4n) is 2.60. The van der Waals surface area contributed by atoms with Gasteiger partial charge in [0.2, 0.25) is 0 Å². The summed E-state index contributed by atoms with van der Waals surface area (Å²) in [6, 6.07) is 9.61. The molecule has 1 fully saturated rings. The van der Waals surface area contributed by atoms with E-state index in [2.05, 4.69) is 61.3 Å². The van der Waals surface area contributed by atoms with Gasteiger partial charge < -0.3 is 10.2 Å². The second-order valence-corrected chi connectivity index (χ2v) is 5.75. The van der Waals surface area contributed by atoms with Crippen LogP contribution in [0.2, 0.25) is 0 Å². The molecule has 2 rings (SSSR count). The van der Waals surface area contributed by atoms with E-state index in [1.54, 1.807) is 0 Å². The summed E-state index contributed by atoms with van der Waals surface area (Å²) in [4.78, 5) is 2.56. The van der Waals surface area contributed by atoms with Gasteiger partial charge in [-0.2, -0.15) is 0 Å². The number of benzene rings is 1. The van der Waals surface area contributed by atoms with E-state index in [0.717, 1.165) is 19.6 Å². The second kappa shape index (κ2) is 6.76. The van der Waals surface area contributed by atoms with Gasteiger partial charge in [0.25, 0.3) is 0 Å². The van der Waals surface area contributed by atoms with Gasteiger partial charge in [-0.05, 0) is 58.8 Å². The Morgan fingerprint density at radius 3 is 2.42 bits per heavy atom. The van der Waals surface area contributed by atoms with Crippen LogP contribution in [0.25, 0.3) is 0 Å². The first kappa shape index (κ1) is 14.1. The number of nitrogens with zero attached hydrogens (tertiary/aromatic N) is 1. The Labute approximate surface area is 117 Å². The van der Waals surface area contributed by atoms with Gasteiger partial charge in [0.05, 0.1) is 0 Å². The summed E-state index contributed by atoms with van der Waals surface area (Å²) in [6.07, 6.45) is 4.82. The van der Waals surface area contributed by atoms with Gasteiger partial charge in [0, 0.05) is 18.3 Å². The molecule has 1 aliphatic heterocycles. The second-order valence-electron chi connectivity index (χ2n) is 5.75. The van der Waals surface area contributed by atoms with E-state index >= 15 is 0 Å². The molecule has 0 amide bonds. The van der Waals surface area contributed by atoms with E-state index in [1.807, 2.05) is 0 Å². The molecule has 2 nitrogen and oxygen atoms in total. The first-order chi connectivity index (χ1) is 9.16. The third-order valence-electron chi connectivity index (χ3n) is 3.81. The maximum Gasteiger partial charge on any atom is 0.0371 e. The van der Waals surface area contributed by atoms with Crippen molar-refractivity contribution in [2.24, 2.45) is 0 Å². The highest BCUT2D eigenvalue weighted by Gasteiger charge is 2.20. The van der Waals surface area contributed by atoms with Crippen molar-refractivity contribution in [1.29, 1.82) is 0 Å². The number of hydrogen-bond donors (Lipinski definition) is 1. The van der Waals surface area contributed by atoms with Crippen LogP contribution in [0.4, 0.5) is 5.69 Å². The summed E-state index contributed by atoms with van der Waals surface area (Å²) in [6.45, 7) is 9.81. The van der Waals surface area contributed by atoms with Crippen molar-refractivity contribution in [2.45, 2.75) is 39.7 Å². The molecule has 104 valence electrons. The lowest BCUT2D eigenvalue weighted by atomic mass is 10.0. The predicted octanol–water partition coefficient (Wildman–Crippen LogP) is 3.52. The first-order valence-electron chi connectivity index (χ1n) is 7.34. The van der Waals surface area contributed by atoms with E-state index in [4.69, 9.17) is 0 Å². The Balaban J connectivity index is 2.17. The zero-order valence-corrected chi connectivity index (χ0v) is 12.4. The molecule has 0 spiro atoms. The maximum absolute atomic E-state index is 3.45. The van der Waals surface area contributed by atoms with E-state index in [1.165, 1.54) is 29.7 Å². The van der Waals surface area contributed by atoms with Crippen LogP contribution in [0.5, 0.6) is 0 Å². The minimum Gasteiger partial charge on any atom is -0.365 e. The van der Waals surface area contributed by atoms with Crippen LogP contribution in [0.3, 0.4) is 0 Å². The number of rotatable bonds is 4. The van der Waals surface area contributed by atoms with E-state index in [9.17, 15) is 0 Å². The Morgan fingerprint density at radius 1 is 1.21 bits per heavy atom. The van der Waals surface area contributed by atoms with Crippen LogP contribution >= 0.6 is 0 Å². The highest BCUT2D eigenvalue weighted by molar-refractivity contribution is 5.49. The molecule has 0 bridgehead atoms. The lowest BCUT2D eigenvalue weighted by Crippen LogP contribution is -2.43. The summed E-state index contributed by atoms with van der Waals surface area (Å²) >= 11 is 0. The minimum absolute atomic E-state index is 0.666. The standard InChI is InChI=1S/C17H26N2/c1-14(2)10-13-19(17-8-11-18-12-9-17)16-6-4-15(3)5-7-16/h4-7,10,17-18H,8-9,11-13H2,1-3H3. The molecular weight excluding hydrogens is 232 g/mol. The fourth-order valence-corrected chi connectivity index (χ4v) is 2.60. The van der Waals surface area contributed by atoms with E-state index in [0.29, 0.717) is 6.04 Å². The molecule has 1 saturated heterocycles. The number of anilines is 1. The molecule has 1 aromatic carbocycles. The Morgan fingerprint density at radius 2 is 1.84 bits per heavy atom. The van der Waals surface area contributed by atoms with Crippen molar-refractivity contribution in [3.63, 3.8) is 0 Å². The van der Waals surface area contributed by atoms with Gasteiger partial charge in [-0.25, -0.2) is 0 Å². The quantitative estimate of drug-likeness (QED) is 0.831. The molecule has 0 atom stereocenters. The highest BCUT2D eigenvalue weighted by Crippen LogP contribution is 2.22. The third-order valence-corrected chi connectivity index (χ3v) is 3.81.